The summed E-state index contributed by atoms with van der Waals surface area (Å²) < 4.78 is 0. The quantitative estimate of drug-likeness (QED) is 0.176. The van der Waals surface area contributed by atoms with Crippen molar-refractivity contribution in [2.24, 2.45) is 5.73 Å². The van der Waals surface area contributed by atoms with Crippen LogP contribution in [0.1, 0.15) is 43.7 Å². The molecule has 0 spiro atoms. The van der Waals surface area contributed by atoms with E-state index in [0.717, 1.165) is 28.5 Å². The van der Waals surface area contributed by atoms with Gasteiger partial charge in [-0.15, -0.1) is 0 Å². The van der Waals surface area contributed by atoms with Crippen molar-refractivity contribution in [3.05, 3.63) is 71.9 Å². The lowest BCUT2D eigenvalue weighted by Crippen LogP contribution is -2.56. The van der Waals surface area contributed by atoms with E-state index in [2.05, 4.69) is 20.9 Å². The van der Waals surface area contributed by atoms with E-state index in [1.54, 1.807) is 6.20 Å². The fourth-order valence-electron chi connectivity index (χ4n) is 4.22. The number of aliphatic hydroxyl groups is 1. The van der Waals surface area contributed by atoms with Gasteiger partial charge >= 0.3 is 0 Å². The zero-order valence-corrected chi connectivity index (χ0v) is 21.4. The molecule has 4 amide bonds. The first-order chi connectivity index (χ1) is 18.3. The average Bonchev–Trinajstić information content (AvgIpc) is 3.31. The molecule has 0 fully saturated rings. The summed E-state index contributed by atoms with van der Waals surface area (Å²) in [7, 11) is 0. The zero-order valence-electron chi connectivity index (χ0n) is 21.4. The number of benzene rings is 2. The Bertz CT molecular complexity index is 1240. The molecule has 0 unspecified atom stereocenters. The van der Waals surface area contributed by atoms with Crippen molar-refractivity contribution in [2.45, 2.75) is 63.8 Å². The molecular formula is C28H35N5O5. The Morgan fingerprint density at radius 3 is 2.39 bits per heavy atom. The molecule has 0 aliphatic rings. The Morgan fingerprint density at radius 2 is 1.68 bits per heavy atom. The summed E-state index contributed by atoms with van der Waals surface area (Å²) >= 11 is 0. The van der Waals surface area contributed by atoms with Crippen molar-refractivity contribution in [2.75, 3.05) is 0 Å². The number of nitrogens with one attached hydrogen (secondary N) is 4. The van der Waals surface area contributed by atoms with Crippen LogP contribution in [-0.4, -0.2) is 51.9 Å². The summed E-state index contributed by atoms with van der Waals surface area (Å²) in [5.41, 5.74) is 7.68. The van der Waals surface area contributed by atoms with E-state index < -0.39 is 48.2 Å². The molecule has 202 valence electrons. The smallest absolute Gasteiger partial charge is 0.251 e. The number of fused-ring (bicyclic) bond motifs is 1. The van der Waals surface area contributed by atoms with Gasteiger partial charge in [0.1, 0.15) is 12.5 Å². The number of hydrogen-bond acceptors (Lipinski definition) is 5. The van der Waals surface area contributed by atoms with E-state index in [-0.39, 0.29) is 13.0 Å². The predicted molar refractivity (Wildman–Crippen MR) is 143 cm³/mol. The highest BCUT2D eigenvalue weighted by molar-refractivity contribution is 5.98. The molecule has 1 aromatic heterocycles. The van der Waals surface area contributed by atoms with Crippen molar-refractivity contribution in [3.8, 4) is 0 Å². The van der Waals surface area contributed by atoms with Gasteiger partial charge in [-0.1, -0.05) is 68.3 Å². The summed E-state index contributed by atoms with van der Waals surface area (Å²) in [5.74, 6) is -2.70. The fourth-order valence-corrected chi connectivity index (χ4v) is 4.22. The molecule has 10 nitrogen and oxygen atoms in total. The summed E-state index contributed by atoms with van der Waals surface area (Å²) in [6.45, 7) is 2.20. The van der Waals surface area contributed by atoms with E-state index in [1.165, 1.54) is 0 Å². The predicted octanol–water partition coefficient (Wildman–Crippen LogP) is 1.42. The number of aliphatic hydroxyl groups excluding tert-OH is 1. The third-order valence-corrected chi connectivity index (χ3v) is 6.24. The number of para-hydroxylation sites is 1. The Labute approximate surface area is 221 Å². The minimum Gasteiger partial charge on any atom is -0.381 e. The number of primary amides is 1. The molecule has 0 aliphatic carbocycles. The molecule has 2 aromatic carbocycles. The lowest BCUT2D eigenvalue weighted by molar-refractivity contribution is -0.135. The molecule has 0 aliphatic heterocycles. The minimum absolute atomic E-state index is 0.122. The van der Waals surface area contributed by atoms with E-state index in [1.807, 2.05) is 61.5 Å². The highest BCUT2D eigenvalue weighted by Gasteiger charge is 2.31. The van der Waals surface area contributed by atoms with Gasteiger partial charge in [-0.3, -0.25) is 19.2 Å². The molecule has 0 saturated heterocycles. The normalized spacial score (nSPS) is 13.3. The highest BCUT2D eigenvalue weighted by atomic mass is 16.3. The lowest BCUT2D eigenvalue weighted by Gasteiger charge is -2.26. The Balaban J connectivity index is 1.75. The zero-order chi connectivity index (χ0) is 27.5. The summed E-state index contributed by atoms with van der Waals surface area (Å²) in [5, 5.41) is 19.8. The van der Waals surface area contributed by atoms with Crippen LogP contribution in [0, 0.1) is 0 Å². The summed E-state index contributed by atoms with van der Waals surface area (Å²) in [6, 6.07) is 14.9. The second-order valence-corrected chi connectivity index (χ2v) is 9.23. The van der Waals surface area contributed by atoms with Gasteiger partial charge in [0.05, 0.1) is 6.04 Å². The van der Waals surface area contributed by atoms with Gasteiger partial charge in [0, 0.05) is 30.1 Å². The Hall–Kier alpha value is -4.18. The van der Waals surface area contributed by atoms with Crippen LogP contribution in [0.25, 0.3) is 10.9 Å². The third kappa shape index (κ3) is 8.17. The van der Waals surface area contributed by atoms with E-state index >= 15 is 0 Å². The van der Waals surface area contributed by atoms with Crippen molar-refractivity contribution >= 4 is 34.5 Å². The number of aromatic nitrogens is 1. The number of nitrogens with two attached hydrogens (primary N) is 1. The van der Waals surface area contributed by atoms with Crippen molar-refractivity contribution in [3.63, 3.8) is 0 Å². The molecular weight excluding hydrogens is 486 g/mol. The average molecular weight is 522 g/mol. The molecule has 3 atom stereocenters. The number of aromatic amines is 1. The standard InChI is InChI=1S/C28H35N5O5/c1-2-3-12-22(26(36)28(38)31-16-18-9-5-4-6-10-18)33-27(37)23(32-25(35)15-24(29)34)14-19-17-30-21-13-8-7-11-20(19)21/h4-11,13,17,22-23,26,30,36H,2-3,12,14-16H2,1H3,(H2,29,34)(H,31,38)(H,32,35)(H,33,37)/t22-,23-,26-/m0/s1. The molecule has 1 heterocycles. The van der Waals surface area contributed by atoms with E-state index in [0.29, 0.717) is 12.8 Å². The Morgan fingerprint density at radius 1 is 0.974 bits per heavy atom. The van der Waals surface area contributed by atoms with Gasteiger partial charge in [-0.25, -0.2) is 0 Å². The number of unbranched alkanes of at least 4 members (excludes halogenated alkanes) is 1. The third-order valence-electron chi connectivity index (χ3n) is 6.24. The van der Waals surface area contributed by atoms with Crippen LogP contribution >= 0.6 is 0 Å². The lowest BCUT2D eigenvalue weighted by atomic mass is 10.0. The molecule has 0 radical (unpaired) electrons. The van der Waals surface area contributed by atoms with Crippen LogP contribution in [0.2, 0.25) is 0 Å². The summed E-state index contributed by atoms with van der Waals surface area (Å²) in [6.07, 6.45) is 1.62. The van der Waals surface area contributed by atoms with Crippen LogP contribution < -0.4 is 21.7 Å². The highest BCUT2D eigenvalue weighted by Crippen LogP contribution is 2.19. The fraction of sp³-hybridized carbons (Fsp3) is 0.357. The molecule has 3 aromatic rings. The molecule has 3 rings (SSSR count). The number of H-pyrrole nitrogens is 1. The van der Waals surface area contributed by atoms with Gasteiger partial charge in [0.2, 0.25) is 17.7 Å². The van der Waals surface area contributed by atoms with Crippen molar-refractivity contribution < 1.29 is 24.3 Å². The van der Waals surface area contributed by atoms with Crippen LogP contribution in [-0.2, 0) is 32.1 Å². The largest absolute Gasteiger partial charge is 0.381 e. The SMILES string of the molecule is CCCC[C@H](NC(=O)[C@H](Cc1c[nH]c2ccccc12)NC(=O)CC(N)=O)[C@H](O)C(=O)NCc1ccccc1. The molecule has 0 bridgehead atoms. The van der Waals surface area contributed by atoms with E-state index in [4.69, 9.17) is 5.73 Å². The number of carbonyl (C=O) groups is 4. The first-order valence-electron chi connectivity index (χ1n) is 12.7. The minimum atomic E-state index is -1.50. The first-order valence-corrected chi connectivity index (χ1v) is 12.7. The number of carbonyl (C=O) groups excluding carboxylic acids is 4. The van der Waals surface area contributed by atoms with Crippen molar-refractivity contribution in [1.82, 2.24) is 20.9 Å². The maximum atomic E-state index is 13.4. The van der Waals surface area contributed by atoms with Gasteiger partial charge in [-0.2, -0.15) is 0 Å². The number of rotatable bonds is 14. The second-order valence-electron chi connectivity index (χ2n) is 9.23. The number of amides is 4. The second kappa shape index (κ2) is 13.9. The number of hydrogen-bond donors (Lipinski definition) is 6. The Kier molecular flexibility index (Phi) is 10.4. The van der Waals surface area contributed by atoms with Crippen LogP contribution in [0.5, 0.6) is 0 Å². The van der Waals surface area contributed by atoms with Gasteiger partial charge in [0.25, 0.3) is 5.91 Å². The van der Waals surface area contributed by atoms with Crippen LogP contribution in [0.3, 0.4) is 0 Å². The van der Waals surface area contributed by atoms with Gasteiger partial charge in [0.15, 0.2) is 6.10 Å². The molecule has 0 saturated carbocycles. The maximum Gasteiger partial charge on any atom is 0.251 e. The monoisotopic (exact) mass is 521 g/mol. The molecule has 7 N–H and O–H groups in total. The van der Waals surface area contributed by atoms with Gasteiger partial charge < -0.3 is 31.8 Å². The first kappa shape index (κ1) is 28.4. The van der Waals surface area contributed by atoms with Crippen molar-refractivity contribution in [1.29, 1.82) is 0 Å². The maximum absolute atomic E-state index is 13.4. The van der Waals surface area contributed by atoms with Crippen LogP contribution in [0.15, 0.2) is 60.8 Å². The molecule has 38 heavy (non-hydrogen) atoms. The van der Waals surface area contributed by atoms with E-state index in [9.17, 15) is 24.3 Å². The molecule has 10 heteroatoms. The topological polar surface area (TPSA) is 166 Å². The van der Waals surface area contributed by atoms with Gasteiger partial charge in [-0.05, 0) is 23.6 Å². The summed E-state index contributed by atoms with van der Waals surface area (Å²) in [4.78, 5) is 52.9. The van der Waals surface area contributed by atoms with Crippen LogP contribution in [0.4, 0.5) is 0 Å².